The lowest BCUT2D eigenvalue weighted by Crippen LogP contribution is -2.30. The Hall–Kier alpha value is -0.940. The number of ketones is 1. The molecule has 0 rings (SSSR count). The predicted octanol–water partition coefficient (Wildman–Crippen LogP) is 1.78. The maximum Gasteiger partial charge on any atom is 0.219 e. The molecular weight excluding hydrogens is 268 g/mol. The van der Waals surface area contributed by atoms with Crippen LogP contribution in [0.3, 0.4) is 0 Å². The van der Waals surface area contributed by atoms with Crippen molar-refractivity contribution in [3.05, 3.63) is 0 Å². The van der Waals surface area contributed by atoms with E-state index in [0.717, 1.165) is 25.9 Å². The van der Waals surface area contributed by atoms with Crippen LogP contribution in [0.1, 0.15) is 65.2 Å². The Balaban J connectivity index is 3.41. The van der Waals surface area contributed by atoms with Crippen LogP contribution in [-0.4, -0.2) is 42.5 Å². The van der Waals surface area contributed by atoms with Crippen molar-refractivity contribution in [2.24, 2.45) is 0 Å². The summed E-state index contributed by atoms with van der Waals surface area (Å²) in [5, 5.41) is 15.5. The van der Waals surface area contributed by atoms with E-state index in [1.54, 1.807) is 0 Å². The van der Waals surface area contributed by atoms with Gasteiger partial charge in [0.1, 0.15) is 5.60 Å². The largest absolute Gasteiger partial charge is 0.383 e. The minimum Gasteiger partial charge on any atom is -0.383 e. The molecule has 0 unspecified atom stereocenters. The number of hydrogen-bond acceptors (Lipinski definition) is 4. The molecule has 0 heterocycles. The molecule has 0 bridgehead atoms. The SMILES string of the molecule is CNCCCCCCNC(=O)CCCCC(=O)C(C)(C)O. The van der Waals surface area contributed by atoms with Gasteiger partial charge >= 0.3 is 0 Å². The summed E-state index contributed by atoms with van der Waals surface area (Å²) in [7, 11) is 1.95. The summed E-state index contributed by atoms with van der Waals surface area (Å²) in [6.07, 6.45) is 6.67. The van der Waals surface area contributed by atoms with Gasteiger partial charge in [-0.25, -0.2) is 0 Å². The summed E-state index contributed by atoms with van der Waals surface area (Å²) in [5.41, 5.74) is -1.25. The molecule has 0 atom stereocenters. The minimum absolute atomic E-state index is 0.0564. The molecule has 0 aromatic heterocycles. The van der Waals surface area contributed by atoms with E-state index in [1.165, 1.54) is 26.7 Å². The zero-order valence-electron chi connectivity index (χ0n) is 13.8. The number of carbonyl (C=O) groups is 2. The zero-order valence-corrected chi connectivity index (χ0v) is 13.8. The molecule has 0 aliphatic carbocycles. The van der Waals surface area contributed by atoms with Gasteiger partial charge in [0.15, 0.2) is 5.78 Å². The molecule has 3 N–H and O–H groups in total. The van der Waals surface area contributed by atoms with Gasteiger partial charge in [0.2, 0.25) is 5.91 Å². The normalized spacial score (nSPS) is 11.4. The third-order valence-electron chi connectivity index (χ3n) is 3.42. The third kappa shape index (κ3) is 12.5. The van der Waals surface area contributed by atoms with Gasteiger partial charge in [-0.15, -0.1) is 0 Å². The monoisotopic (exact) mass is 300 g/mol. The summed E-state index contributed by atoms with van der Waals surface area (Å²) in [4.78, 5) is 23.0. The highest BCUT2D eigenvalue weighted by atomic mass is 16.3. The van der Waals surface area contributed by atoms with Crippen molar-refractivity contribution in [1.82, 2.24) is 10.6 Å². The second kappa shape index (κ2) is 11.7. The number of Topliss-reactive ketones (excluding diaryl/α,β-unsaturated/α-hetero) is 1. The maximum absolute atomic E-state index is 11.6. The molecule has 0 saturated heterocycles. The molecule has 0 aliphatic heterocycles. The van der Waals surface area contributed by atoms with Gasteiger partial charge in [-0.1, -0.05) is 12.8 Å². The van der Waals surface area contributed by atoms with Crippen molar-refractivity contribution < 1.29 is 14.7 Å². The number of carbonyl (C=O) groups excluding carboxylic acids is 2. The lowest BCUT2D eigenvalue weighted by Gasteiger charge is -2.14. The Kier molecular flexibility index (Phi) is 11.2. The van der Waals surface area contributed by atoms with Crippen LogP contribution in [0.2, 0.25) is 0 Å². The van der Waals surface area contributed by atoms with Crippen molar-refractivity contribution in [1.29, 1.82) is 0 Å². The Labute approximate surface area is 128 Å². The van der Waals surface area contributed by atoms with Gasteiger partial charge in [-0.3, -0.25) is 9.59 Å². The van der Waals surface area contributed by atoms with Gasteiger partial charge in [-0.2, -0.15) is 0 Å². The highest BCUT2D eigenvalue weighted by molar-refractivity contribution is 5.86. The fraction of sp³-hybridized carbons (Fsp3) is 0.875. The second-order valence-corrected chi connectivity index (χ2v) is 6.06. The molecule has 124 valence electrons. The summed E-state index contributed by atoms with van der Waals surface area (Å²) in [6.45, 7) is 4.79. The standard InChI is InChI=1S/C16H32N2O3/c1-16(2,21)14(19)10-6-7-11-15(20)18-13-9-5-4-8-12-17-3/h17,21H,4-13H2,1-3H3,(H,18,20). The fourth-order valence-electron chi connectivity index (χ4n) is 1.97. The van der Waals surface area contributed by atoms with Gasteiger partial charge in [0.05, 0.1) is 0 Å². The van der Waals surface area contributed by atoms with Crippen LogP contribution in [0.4, 0.5) is 0 Å². The van der Waals surface area contributed by atoms with E-state index in [2.05, 4.69) is 10.6 Å². The van der Waals surface area contributed by atoms with Crippen LogP contribution in [0.15, 0.2) is 0 Å². The van der Waals surface area contributed by atoms with Crippen LogP contribution >= 0.6 is 0 Å². The lowest BCUT2D eigenvalue weighted by atomic mass is 9.98. The van der Waals surface area contributed by atoms with Crippen molar-refractivity contribution >= 4 is 11.7 Å². The van der Waals surface area contributed by atoms with Crippen molar-refractivity contribution in [3.63, 3.8) is 0 Å². The van der Waals surface area contributed by atoms with Crippen LogP contribution in [0, 0.1) is 0 Å². The average Bonchev–Trinajstić information content (AvgIpc) is 2.41. The molecule has 0 aliphatic rings. The molecule has 5 nitrogen and oxygen atoms in total. The molecule has 21 heavy (non-hydrogen) atoms. The number of nitrogens with one attached hydrogen (secondary N) is 2. The topological polar surface area (TPSA) is 78.4 Å². The Bertz CT molecular complexity index is 298. The molecule has 0 fully saturated rings. The molecule has 5 heteroatoms. The van der Waals surface area contributed by atoms with Crippen molar-refractivity contribution in [3.8, 4) is 0 Å². The van der Waals surface area contributed by atoms with Crippen LogP contribution < -0.4 is 10.6 Å². The first-order chi connectivity index (χ1) is 9.88. The maximum atomic E-state index is 11.6. The summed E-state index contributed by atoms with van der Waals surface area (Å²) in [6, 6.07) is 0. The number of unbranched alkanes of at least 4 members (excludes halogenated alkanes) is 4. The molecule has 0 saturated carbocycles. The lowest BCUT2D eigenvalue weighted by molar-refractivity contribution is -0.134. The number of rotatable bonds is 13. The van der Waals surface area contributed by atoms with E-state index in [-0.39, 0.29) is 11.7 Å². The average molecular weight is 300 g/mol. The third-order valence-corrected chi connectivity index (χ3v) is 3.42. The Morgan fingerprint density at radius 2 is 1.48 bits per heavy atom. The Morgan fingerprint density at radius 3 is 2.05 bits per heavy atom. The molecule has 0 aromatic rings. The molecule has 0 aromatic carbocycles. The van der Waals surface area contributed by atoms with E-state index in [9.17, 15) is 14.7 Å². The second-order valence-electron chi connectivity index (χ2n) is 6.06. The number of aliphatic hydroxyl groups is 1. The molecule has 0 radical (unpaired) electrons. The van der Waals surface area contributed by atoms with Gasteiger partial charge < -0.3 is 15.7 Å². The van der Waals surface area contributed by atoms with E-state index >= 15 is 0 Å². The fourth-order valence-corrected chi connectivity index (χ4v) is 1.97. The van der Waals surface area contributed by atoms with Crippen LogP contribution in [-0.2, 0) is 9.59 Å². The molecule has 1 amide bonds. The van der Waals surface area contributed by atoms with E-state index in [1.807, 2.05) is 7.05 Å². The van der Waals surface area contributed by atoms with Crippen molar-refractivity contribution in [2.75, 3.05) is 20.1 Å². The van der Waals surface area contributed by atoms with E-state index in [0.29, 0.717) is 25.7 Å². The van der Waals surface area contributed by atoms with Gasteiger partial charge in [-0.05, 0) is 53.1 Å². The Morgan fingerprint density at radius 1 is 0.905 bits per heavy atom. The molecule has 0 spiro atoms. The van der Waals surface area contributed by atoms with Crippen LogP contribution in [0.5, 0.6) is 0 Å². The quantitative estimate of drug-likeness (QED) is 0.453. The number of hydrogen-bond donors (Lipinski definition) is 3. The van der Waals surface area contributed by atoms with Crippen LogP contribution in [0.25, 0.3) is 0 Å². The van der Waals surface area contributed by atoms with Gasteiger partial charge in [0.25, 0.3) is 0 Å². The van der Waals surface area contributed by atoms with E-state index in [4.69, 9.17) is 0 Å². The van der Waals surface area contributed by atoms with Crippen molar-refractivity contribution in [2.45, 2.75) is 70.8 Å². The summed E-state index contributed by atoms with van der Waals surface area (Å²) in [5.74, 6) is -0.106. The first-order valence-electron chi connectivity index (χ1n) is 8.05. The summed E-state index contributed by atoms with van der Waals surface area (Å²) < 4.78 is 0. The predicted molar refractivity (Wildman–Crippen MR) is 85.2 cm³/mol. The van der Waals surface area contributed by atoms with Gasteiger partial charge in [0, 0.05) is 19.4 Å². The first-order valence-corrected chi connectivity index (χ1v) is 8.05. The number of amides is 1. The zero-order chi connectivity index (χ0) is 16.1. The highest BCUT2D eigenvalue weighted by Crippen LogP contribution is 2.10. The highest BCUT2D eigenvalue weighted by Gasteiger charge is 2.22. The minimum atomic E-state index is -1.25. The summed E-state index contributed by atoms with van der Waals surface area (Å²) >= 11 is 0. The smallest absolute Gasteiger partial charge is 0.219 e. The first kappa shape index (κ1) is 20.1. The van der Waals surface area contributed by atoms with E-state index < -0.39 is 5.60 Å². The molecular formula is C16H32N2O3.